The number of carbonyl (C=O) groups is 1. The highest BCUT2D eigenvalue weighted by atomic mass is 19.3. The molecule has 24 heavy (non-hydrogen) atoms. The summed E-state index contributed by atoms with van der Waals surface area (Å²) in [6.45, 7) is 2.43. The van der Waals surface area contributed by atoms with Gasteiger partial charge in [-0.05, 0) is 44.7 Å². The molecule has 8 heteroatoms. The fraction of sp³-hybridized carbons (Fsp3) is 0.812. The van der Waals surface area contributed by atoms with Gasteiger partial charge in [0.05, 0.1) is 0 Å². The largest absolute Gasteiger partial charge is 0.342 e. The van der Waals surface area contributed by atoms with E-state index in [1.54, 1.807) is 0 Å². The van der Waals surface area contributed by atoms with E-state index in [4.69, 9.17) is 4.52 Å². The highest BCUT2D eigenvalue weighted by molar-refractivity contribution is 5.79. The molecule has 1 amide bonds. The van der Waals surface area contributed by atoms with Gasteiger partial charge in [-0.25, -0.2) is 0 Å². The smallest absolute Gasteiger partial charge is 0.327 e. The van der Waals surface area contributed by atoms with E-state index < -0.39 is 17.7 Å². The molecular formula is C16H22F2N4O2. The minimum Gasteiger partial charge on any atom is -0.342 e. The molecule has 0 aromatic carbocycles. The number of piperidine rings is 1. The number of carbonyl (C=O) groups excluding carboxylic acids is 1. The van der Waals surface area contributed by atoms with Gasteiger partial charge in [-0.2, -0.15) is 13.8 Å². The quantitative estimate of drug-likeness (QED) is 0.886. The zero-order valence-corrected chi connectivity index (χ0v) is 13.5. The van der Waals surface area contributed by atoms with Crippen LogP contribution in [-0.4, -0.2) is 47.1 Å². The molecule has 132 valence electrons. The number of likely N-dealkylation sites (tertiary alicyclic amines) is 1. The number of rotatable bonds is 5. The van der Waals surface area contributed by atoms with E-state index in [1.807, 2.05) is 4.90 Å². The fourth-order valence-corrected chi connectivity index (χ4v) is 3.63. The monoisotopic (exact) mass is 340 g/mol. The minimum atomic E-state index is -3.11. The van der Waals surface area contributed by atoms with Gasteiger partial charge >= 0.3 is 5.92 Å². The van der Waals surface area contributed by atoms with Crippen LogP contribution in [0.15, 0.2) is 4.52 Å². The summed E-state index contributed by atoms with van der Waals surface area (Å²) in [5.74, 6) is -3.81. The maximum absolute atomic E-state index is 14.6. The second-order valence-electron chi connectivity index (χ2n) is 7.25. The number of amides is 1. The molecule has 3 heterocycles. The lowest BCUT2D eigenvalue weighted by Gasteiger charge is -2.27. The zero-order chi connectivity index (χ0) is 16.7. The van der Waals surface area contributed by atoms with Crippen LogP contribution in [-0.2, 0) is 10.7 Å². The summed E-state index contributed by atoms with van der Waals surface area (Å²) in [6.07, 6.45) is 3.40. The van der Waals surface area contributed by atoms with Crippen molar-refractivity contribution in [3.05, 3.63) is 11.7 Å². The lowest BCUT2D eigenvalue weighted by Crippen LogP contribution is -2.36. The first-order chi connectivity index (χ1) is 11.5. The number of hydrogen-bond donors (Lipinski definition) is 1. The third-order valence-corrected chi connectivity index (χ3v) is 5.33. The van der Waals surface area contributed by atoms with Crippen molar-refractivity contribution >= 4 is 5.91 Å². The SMILES string of the molecule is O=C1CC(c2noc(C(F)(F)C3CCNCC3)n2)CN1CC1CC1. The third kappa shape index (κ3) is 3.03. The topological polar surface area (TPSA) is 71.3 Å². The number of hydrogen-bond acceptors (Lipinski definition) is 5. The first kappa shape index (κ1) is 15.9. The molecule has 1 N–H and O–H groups in total. The normalized spacial score (nSPS) is 26.3. The first-order valence-corrected chi connectivity index (χ1v) is 8.74. The maximum atomic E-state index is 14.6. The molecular weight excluding hydrogens is 318 g/mol. The predicted octanol–water partition coefficient (Wildman–Crippen LogP) is 1.89. The number of halogens is 2. The lowest BCUT2D eigenvalue weighted by atomic mass is 9.91. The molecule has 0 spiro atoms. The Labute approximate surface area is 139 Å². The van der Waals surface area contributed by atoms with E-state index in [2.05, 4.69) is 15.5 Å². The number of nitrogens with zero attached hydrogens (tertiary/aromatic N) is 3. The zero-order valence-electron chi connectivity index (χ0n) is 13.5. The van der Waals surface area contributed by atoms with Crippen molar-refractivity contribution < 1.29 is 18.1 Å². The molecule has 0 bridgehead atoms. The van der Waals surface area contributed by atoms with Gasteiger partial charge in [-0.1, -0.05) is 5.16 Å². The van der Waals surface area contributed by atoms with E-state index in [0.717, 1.165) is 6.54 Å². The Hall–Kier alpha value is -1.57. The number of nitrogens with one attached hydrogen (secondary N) is 1. The molecule has 2 aliphatic heterocycles. The Morgan fingerprint density at radius 3 is 2.71 bits per heavy atom. The lowest BCUT2D eigenvalue weighted by molar-refractivity contribution is -0.127. The van der Waals surface area contributed by atoms with Crippen molar-refractivity contribution in [1.82, 2.24) is 20.4 Å². The van der Waals surface area contributed by atoms with Crippen molar-refractivity contribution in [3.63, 3.8) is 0 Å². The Morgan fingerprint density at radius 2 is 2.00 bits per heavy atom. The summed E-state index contributed by atoms with van der Waals surface area (Å²) in [7, 11) is 0. The fourth-order valence-electron chi connectivity index (χ4n) is 3.63. The van der Waals surface area contributed by atoms with Crippen LogP contribution in [0.4, 0.5) is 8.78 Å². The standard InChI is InChI=1S/C16H22F2N4O2/c17-16(18,12-3-5-19-6-4-12)15-20-14(21-24-15)11-7-13(23)22(9-11)8-10-1-2-10/h10-12,19H,1-9H2. The highest BCUT2D eigenvalue weighted by Crippen LogP contribution is 2.40. The van der Waals surface area contributed by atoms with Gasteiger partial charge in [0, 0.05) is 31.3 Å². The summed E-state index contributed by atoms with van der Waals surface area (Å²) in [5.41, 5.74) is 0. The maximum Gasteiger partial charge on any atom is 0.327 e. The molecule has 6 nitrogen and oxygen atoms in total. The molecule has 1 saturated carbocycles. The molecule has 0 radical (unpaired) electrons. The molecule has 1 aromatic rings. The third-order valence-electron chi connectivity index (χ3n) is 5.33. The summed E-state index contributed by atoms with van der Waals surface area (Å²) in [5, 5.41) is 6.84. The Bertz CT molecular complexity index is 611. The first-order valence-electron chi connectivity index (χ1n) is 8.74. The average Bonchev–Trinajstić information content (AvgIpc) is 3.11. The molecule has 3 aliphatic rings. The van der Waals surface area contributed by atoms with Crippen LogP contribution in [0.5, 0.6) is 0 Å². The minimum absolute atomic E-state index is 0.0587. The van der Waals surface area contributed by atoms with Crippen LogP contribution in [0.25, 0.3) is 0 Å². The van der Waals surface area contributed by atoms with E-state index in [1.165, 1.54) is 12.8 Å². The van der Waals surface area contributed by atoms with Gasteiger partial charge < -0.3 is 14.7 Å². The van der Waals surface area contributed by atoms with Gasteiger partial charge in [0.15, 0.2) is 5.82 Å². The average molecular weight is 340 g/mol. The second-order valence-corrected chi connectivity index (χ2v) is 7.25. The van der Waals surface area contributed by atoms with E-state index in [9.17, 15) is 13.6 Å². The van der Waals surface area contributed by atoms with Crippen molar-refractivity contribution in [1.29, 1.82) is 0 Å². The van der Waals surface area contributed by atoms with Crippen molar-refractivity contribution in [2.45, 2.75) is 43.9 Å². The van der Waals surface area contributed by atoms with Gasteiger partial charge in [-0.3, -0.25) is 4.79 Å². The van der Waals surface area contributed by atoms with Crippen LogP contribution < -0.4 is 5.32 Å². The van der Waals surface area contributed by atoms with Gasteiger partial charge in [-0.15, -0.1) is 0 Å². The molecule has 1 unspecified atom stereocenters. The van der Waals surface area contributed by atoms with Gasteiger partial charge in [0.2, 0.25) is 5.91 Å². The molecule has 1 atom stereocenters. The van der Waals surface area contributed by atoms with E-state index >= 15 is 0 Å². The van der Waals surface area contributed by atoms with Gasteiger partial charge in [0.1, 0.15) is 0 Å². The molecule has 1 aromatic heterocycles. The number of alkyl halides is 2. The van der Waals surface area contributed by atoms with Crippen LogP contribution in [0.3, 0.4) is 0 Å². The van der Waals surface area contributed by atoms with Gasteiger partial charge in [0.25, 0.3) is 5.89 Å². The second kappa shape index (κ2) is 6.06. The number of aromatic nitrogens is 2. The Kier molecular flexibility index (Phi) is 4.02. The van der Waals surface area contributed by atoms with Crippen LogP contribution >= 0.6 is 0 Å². The Morgan fingerprint density at radius 1 is 1.25 bits per heavy atom. The van der Waals surface area contributed by atoms with Crippen LogP contribution in [0.1, 0.15) is 49.7 Å². The van der Waals surface area contributed by atoms with Crippen molar-refractivity contribution in [2.75, 3.05) is 26.2 Å². The molecule has 2 saturated heterocycles. The summed E-state index contributed by atoms with van der Waals surface area (Å²) < 4.78 is 34.0. The van der Waals surface area contributed by atoms with Crippen LogP contribution in [0.2, 0.25) is 0 Å². The van der Waals surface area contributed by atoms with Crippen molar-refractivity contribution in [2.24, 2.45) is 11.8 Å². The molecule has 3 fully saturated rings. The van der Waals surface area contributed by atoms with E-state index in [-0.39, 0.29) is 24.1 Å². The predicted molar refractivity (Wildman–Crippen MR) is 80.4 cm³/mol. The van der Waals surface area contributed by atoms with Crippen molar-refractivity contribution in [3.8, 4) is 0 Å². The summed E-state index contributed by atoms with van der Waals surface area (Å²) in [6, 6.07) is 0. The van der Waals surface area contributed by atoms with Crippen LogP contribution in [0, 0.1) is 11.8 Å². The summed E-state index contributed by atoms with van der Waals surface area (Å²) in [4.78, 5) is 17.8. The molecule has 4 rings (SSSR count). The Balaban J connectivity index is 1.45. The molecule has 1 aliphatic carbocycles. The van der Waals surface area contributed by atoms with E-state index in [0.29, 0.717) is 38.4 Å². The summed E-state index contributed by atoms with van der Waals surface area (Å²) >= 11 is 0. The highest BCUT2D eigenvalue weighted by Gasteiger charge is 2.47.